The average molecular weight is 278 g/mol. The van der Waals surface area contributed by atoms with Gasteiger partial charge in [0.1, 0.15) is 0 Å². The number of anilines is 1. The van der Waals surface area contributed by atoms with E-state index in [1.54, 1.807) is 24.5 Å². The molecule has 2 heterocycles. The molecule has 100 valence electrons. The Labute approximate surface area is 111 Å². The van der Waals surface area contributed by atoms with E-state index in [0.717, 1.165) is 11.1 Å². The van der Waals surface area contributed by atoms with Gasteiger partial charge in [-0.25, -0.2) is 18.1 Å². The van der Waals surface area contributed by atoms with Crippen molar-refractivity contribution in [3.63, 3.8) is 0 Å². The highest BCUT2D eigenvalue weighted by molar-refractivity contribution is 7.89. The standard InChI is InChI=1S/C12H14N4O2S/c1-9-7-14-6-4-10(9)8-16-19(17,18)12-11(13)3-2-5-15-12/h2-7,16H,8,13H2,1H3. The lowest BCUT2D eigenvalue weighted by molar-refractivity contribution is 0.578. The lowest BCUT2D eigenvalue weighted by atomic mass is 10.2. The second-order valence-electron chi connectivity index (χ2n) is 4.02. The Morgan fingerprint density at radius 3 is 2.79 bits per heavy atom. The van der Waals surface area contributed by atoms with Gasteiger partial charge < -0.3 is 5.73 Å². The number of hydrogen-bond acceptors (Lipinski definition) is 5. The SMILES string of the molecule is Cc1cnccc1CNS(=O)(=O)c1ncccc1N. The molecule has 0 unspecified atom stereocenters. The van der Waals surface area contributed by atoms with Crippen LogP contribution in [-0.2, 0) is 16.6 Å². The van der Waals surface area contributed by atoms with Gasteiger partial charge in [0.15, 0.2) is 5.03 Å². The minimum Gasteiger partial charge on any atom is -0.396 e. The predicted molar refractivity (Wildman–Crippen MR) is 71.6 cm³/mol. The van der Waals surface area contributed by atoms with Crippen molar-refractivity contribution in [3.05, 3.63) is 47.9 Å². The van der Waals surface area contributed by atoms with Gasteiger partial charge in [-0.2, -0.15) is 0 Å². The van der Waals surface area contributed by atoms with Gasteiger partial charge in [-0.15, -0.1) is 0 Å². The summed E-state index contributed by atoms with van der Waals surface area (Å²) in [6.07, 6.45) is 4.69. The van der Waals surface area contributed by atoms with E-state index in [2.05, 4.69) is 14.7 Å². The number of nitrogens with two attached hydrogens (primary N) is 1. The van der Waals surface area contributed by atoms with E-state index in [0.29, 0.717) is 0 Å². The molecule has 0 atom stereocenters. The van der Waals surface area contributed by atoms with E-state index in [9.17, 15) is 8.42 Å². The number of aromatic nitrogens is 2. The van der Waals surface area contributed by atoms with Crippen molar-refractivity contribution in [2.45, 2.75) is 18.5 Å². The summed E-state index contributed by atoms with van der Waals surface area (Å²) in [5.41, 5.74) is 7.51. The van der Waals surface area contributed by atoms with Crippen molar-refractivity contribution in [3.8, 4) is 0 Å². The summed E-state index contributed by atoms with van der Waals surface area (Å²) in [6.45, 7) is 2.04. The van der Waals surface area contributed by atoms with Crippen LogP contribution in [0.1, 0.15) is 11.1 Å². The quantitative estimate of drug-likeness (QED) is 0.863. The molecule has 0 aliphatic carbocycles. The summed E-state index contributed by atoms with van der Waals surface area (Å²) in [5, 5.41) is -0.151. The number of aryl methyl sites for hydroxylation is 1. The fraction of sp³-hybridized carbons (Fsp3) is 0.167. The molecule has 0 amide bonds. The first kappa shape index (κ1) is 13.4. The number of nitrogens with zero attached hydrogens (tertiary/aromatic N) is 2. The van der Waals surface area contributed by atoms with E-state index < -0.39 is 10.0 Å². The zero-order valence-corrected chi connectivity index (χ0v) is 11.2. The van der Waals surface area contributed by atoms with E-state index >= 15 is 0 Å². The number of rotatable bonds is 4. The van der Waals surface area contributed by atoms with Gasteiger partial charge in [0.2, 0.25) is 0 Å². The topological polar surface area (TPSA) is 98.0 Å². The van der Waals surface area contributed by atoms with Crippen LogP contribution in [0.15, 0.2) is 41.8 Å². The number of hydrogen-bond donors (Lipinski definition) is 2. The molecule has 0 aromatic carbocycles. The minimum atomic E-state index is -3.71. The first-order valence-electron chi connectivity index (χ1n) is 5.60. The highest BCUT2D eigenvalue weighted by atomic mass is 32.2. The Balaban J connectivity index is 2.20. The summed E-state index contributed by atoms with van der Waals surface area (Å²) in [7, 11) is -3.71. The Morgan fingerprint density at radius 1 is 1.32 bits per heavy atom. The molecule has 0 fully saturated rings. The summed E-state index contributed by atoms with van der Waals surface area (Å²) < 4.78 is 26.6. The predicted octanol–water partition coefficient (Wildman–Crippen LogP) is 0.846. The molecule has 0 saturated heterocycles. The summed E-state index contributed by atoms with van der Waals surface area (Å²) >= 11 is 0. The third-order valence-electron chi connectivity index (χ3n) is 2.64. The van der Waals surface area contributed by atoms with Crippen LogP contribution in [0.2, 0.25) is 0 Å². The van der Waals surface area contributed by atoms with E-state index in [4.69, 9.17) is 5.73 Å². The van der Waals surface area contributed by atoms with Crippen molar-refractivity contribution in [1.82, 2.24) is 14.7 Å². The van der Waals surface area contributed by atoms with Crippen LogP contribution in [0.25, 0.3) is 0 Å². The summed E-state index contributed by atoms with van der Waals surface area (Å²) in [4.78, 5) is 7.75. The lowest BCUT2D eigenvalue weighted by Gasteiger charge is -2.09. The average Bonchev–Trinajstić information content (AvgIpc) is 2.38. The van der Waals surface area contributed by atoms with Crippen molar-refractivity contribution >= 4 is 15.7 Å². The molecule has 2 rings (SSSR count). The van der Waals surface area contributed by atoms with Crippen LogP contribution in [0.4, 0.5) is 5.69 Å². The highest BCUT2D eigenvalue weighted by Gasteiger charge is 2.18. The summed E-state index contributed by atoms with van der Waals surface area (Å²) in [6, 6.07) is 4.85. The molecule has 0 spiro atoms. The lowest BCUT2D eigenvalue weighted by Crippen LogP contribution is -2.25. The second-order valence-corrected chi connectivity index (χ2v) is 5.71. The van der Waals surface area contributed by atoms with Crippen molar-refractivity contribution in [2.24, 2.45) is 0 Å². The third-order valence-corrected chi connectivity index (χ3v) is 4.02. The van der Waals surface area contributed by atoms with Gasteiger partial charge in [0, 0.05) is 25.1 Å². The first-order chi connectivity index (χ1) is 9.00. The largest absolute Gasteiger partial charge is 0.396 e. The number of sulfonamides is 1. The monoisotopic (exact) mass is 278 g/mol. The van der Waals surface area contributed by atoms with Crippen molar-refractivity contribution in [2.75, 3.05) is 5.73 Å². The van der Waals surface area contributed by atoms with Crippen LogP contribution in [0.3, 0.4) is 0 Å². The maximum absolute atomic E-state index is 12.1. The maximum atomic E-state index is 12.1. The molecule has 7 heteroatoms. The van der Waals surface area contributed by atoms with Gasteiger partial charge >= 0.3 is 0 Å². The van der Waals surface area contributed by atoms with E-state index in [1.807, 2.05) is 6.92 Å². The number of nitrogen functional groups attached to an aromatic ring is 1. The molecule has 2 aromatic rings. The van der Waals surface area contributed by atoms with Gasteiger partial charge in [-0.05, 0) is 36.2 Å². The summed E-state index contributed by atoms with van der Waals surface area (Å²) in [5.74, 6) is 0. The van der Waals surface area contributed by atoms with Crippen LogP contribution in [0, 0.1) is 6.92 Å². The van der Waals surface area contributed by atoms with Crippen molar-refractivity contribution in [1.29, 1.82) is 0 Å². The molecule has 0 saturated carbocycles. The number of pyridine rings is 2. The maximum Gasteiger partial charge on any atom is 0.260 e. The fourth-order valence-electron chi connectivity index (χ4n) is 1.57. The second kappa shape index (κ2) is 5.33. The van der Waals surface area contributed by atoms with Crippen LogP contribution in [-0.4, -0.2) is 18.4 Å². The first-order valence-corrected chi connectivity index (χ1v) is 7.08. The smallest absolute Gasteiger partial charge is 0.260 e. The fourth-order valence-corrected chi connectivity index (χ4v) is 2.63. The van der Waals surface area contributed by atoms with Crippen molar-refractivity contribution < 1.29 is 8.42 Å². The molecule has 0 aliphatic heterocycles. The molecular formula is C12H14N4O2S. The van der Waals surface area contributed by atoms with Gasteiger partial charge in [0.25, 0.3) is 10.0 Å². The minimum absolute atomic E-state index is 0.126. The molecule has 3 N–H and O–H groups in total. The van der Waals surface area contributed by atoms with Crippen LogP contribution >= 0.6 is 0 Å². The van der Waals surface area contributed by atoms with E-state index in [1.165, 1.54) is 12.3 Å². The zero-order chi connectivity index (χ0) is 13.9. The van der Waals surface area contributed by atoms with Gasteiger partial charge in [-0.3, -0.25) is 4.98 Å². The molecule has 0 bridgehead atoms. The third kappa shape index (κ3) is 3.07. The Hall–Kier alpha value is -1.99. The van der Waals surface area contributed by atoms with Gasteiger partial charge in [0.05, 0.1) is 5.69 Å². The van der Waals surface area contributed by atoms with E-state index in [-0.39, 0.29) is 17.3 Å². The molecule has 0 aliphatic rings. The zero-order valence-electron chi connectivity index (χ0n) is 10.4. The molecule has 6 nitrogen and oxygen atoms in total. The molecule has 2 aromatic heterocycles. The van der Waals surface area contributed by atoms with Crippen LogP contribution in [0.5, 0.6) is 0 Å². The molecule has 0 radical (unpaired) electrons. The molecule has 19 heavy (non-hydrogen) atoms. The van der Waals surface area contributed by atoms with Crippen LogP contribution < -0.4 is 10.5 Å². The number of nitrogens with one attached hydrogen (secondary N) is 1. The Morgan fingerprint density at radius 2 is 2.11 bits per heavy atom. The van der Waals surface area contributed by atoms with Gasteiger partial charge in [-0.1, -0.05) is 0 Å². The Kier molecular flexibility index (Phi) is 3.77. The molecular weight excluding hydrogens is 264 g/mol. The normalized spacial score (nSPS) is 11.4. The Bertz CT molecular complexity index is 686. The highest BCUT2D eigenvalue weighted by Crippen LogP contribution is 2.14.